The first-order valence-electron chi connectivity index (χ1n) is 11.3. The minimum atomic E-state index is -4.00. The minimum Gasteiger partial charge on any atom is -0.492 e. The number of aryl methyl sites for hydroxylation is 1. The number of benzene rings is 3. The molecule has 0 aliphatic rings. The van der Waals surface area contributed by atoms with Crippen LogP contribution in [0, 0.1) is 13.8 Å². The summed E-state index contributed by atoms with van der Waals surface area (Å²) in [5.41, 5.74) is 3.68. The van der Waals surface area contributed by atoms with E-state index in [9.17, 15) is 13.2 Å². The van der Waals surface area contributed by atoms with Gasteiger partial charge in [0, 0.05) is 5.56 Å². The largest absolute Gasteiger partial charge is 0.492 e. The van der Waals surface area contributed by atoms with Crippen molar-refractivity contribution in [3.05, 3.63) is 87.9 Å². The molecule has 6 nitrogen and oxygen atoms in total. The van der Waals surface area contributed by atoms with Crippen molar-refractivity contribution in [1.82, 2.24) is 5.32 Å². The van der Waals surface area contributed by atoms with E-state index >= 15 is 0 Å². The highest BCUT2D eigenvalue weighted by molar-refractivity contribution is 7.92. The Morgan fingerprint density at radius 3 is 2.34 bits per heavy atom. The van der Waals surface area contributed by atoms with Crippen LogP contribution in [0.1, 0.15) is 47.8 Å². The number of rotatable bonds is 8. The average Bonchev–Trinajstić information content (AvgIpc) is 2.79. The van der Waals surface area contributed by atoms with Crippen LogP contribution in [0.4, 0.5) is 5.69 Å². The van der Waals surface area contributed by atoms with Gasteiger partial charge < -0.3 is 10.1 Å². The summed E-state index contributed by atoms with van der Waals surface area (Å²) < 4.78 is 34.3. The summed E-state index contributed by atoms with van der Waals surface area (Å²) in [5.74, 6) is 0.293. The van der Waals surface area contributed by atoms with Gasteiger partial charge >= 0.3 is 0 Å². The quantitative estimate of drug-likeness (QED) is 0.368. The van der Waals surface area contributed by atoms with Crippen LogP contribution in [0.3, 0.4) is 0 Å². The van der Waals surface area contributed by atoms with Crippen molar-refractivity contribution in [3.8, 4) is 5.75 Å². The van der Waals surface area contributed by atoms with Gasteiger partial charge in [-0.15, -0.1) is 0 Å². The highest BCUT2D eigenvalue weighted by Crippen LogP contribution is 2.27. The monoisotopic (exact) mass is 514 g/mol. The maximum Gasteiger partial charge on any atom is 0.263 e. The first-order valence-corrected chi connectivity index (χ1v) is 13.1. The third-order valence-electron chi connectivity index (χ3n) is 5.71. The highest BCUT2D eigenvalue weighted by Gasteiger charge is 2.21. The molecule has 2 N–H and O–H groups in total. The zero-order valence-electron chi connectivity index (χ0n) is 20.6. The van der Waals surface area contributed by atoms with Gasteiger partial charge in [0.15, 0.2) is 0 Å². The molecule has 0 aromatic heterocycles. The van der Waals surface area contributed by atoms with Crippen molar-refractivity contribution < 1.29 is 17.9 Å². The molecule has 1 amide bonds. The summed E-state index contributed by atoms with van der Waals surface area (Å²) in [4.78, 5) is 12.5. The first kappa shape index (κ1) is 26.6. The third kappa shape index (κ3) is 6.77. The maximum atomic E-state index is 13.0. The Kier molecular flexibility index (Phi) is 8.13. The van der Waals surface area contributed by atoms with Crippen molar-refractivity contribution in [2.75, 3.05) is 17.9 Å². The Morgan fingerprint density at radius 2 is 1.69 bits per heavy atom. The van der Waals surface area contributed by atoms with Crippen LogP contribution in [0.25, 0.3) is 0 Å². The average molecular weight is 515 g/mol. The number of sulfonamides is 1. The van der Waals surface area contributed by atoms with E-state index in [0.29, 0.717) is 11.4 Å². The molecule has 0 aliphatic heterocycles. The van der Waals surface area contributed by atoms with Crippen LogP contribution in [0.15, 0.2) is 65.6 Å². The molecule has 0 saturated heterocycles. The lowest BCUT2D eigenvalue weighted by Crippen LogP contribution is -2.28. The van der Waals surface area contributed by atoms with Gasteiger partial charge in [-0.2, -0.15) is 0 Å². The van der Waals surface area contributed by atoms with Gasteiger partial charge in [0.25, 0.3) is 15.9 Å². The summed E-state index contributed by atoms with van der Waals surface area (Å²) >= 11 is 6.19. The smallest absolute Gasteiger partial charge is 0.263 e. The van der Waals surface area contributed by atoms with E-state index < -0.39 is 15.9 Å². The number of anilines is 1. The van der Waals surface area contributed by atoms with Crippen LogP contribution < -0.4 is 14.8 Å². The summed E-state index contributed by atoms with van der Waals surface area (Å²) in [7, 11) is -4.00. The topological polar surface area (TPSA) is 84.5 Å². The van der Waals surface area contributed by atoms with Gasteiger partial charge in [0.1, 0.15) is 17.3 Å². The van der Waals surface area contributed by atoms with Crippen LogP contribution in [-0.4, -0.2) is 27.5 Å². The lowest BCUT2D eigenvalue weighted by molar-refractivity contribution is 0.0946. The molecule has 0 heterocycles. The third-order valence-corrected chi connectivity index (χ3v) is 7.56. The molecule has 186 valence electrons. The van der Waals surface area contributed by atoms with Crippen molar-refractivity contribution in [1.29, 1.82) is 0 Å². The molecule has 0 saturated carbocycles. The minimum absolute atomic E-state index is 0.0291. The number of hydrogen-bond donors (Lipinski definition) is 2. The van der Waals surface area contributed by atoms with Gasteiger partial charge in [0.05, 0.1) is 17.3 Å². The van der Waals surface area contributed by atoms with E-state index in [4.69, 9.17) is 16.3 Å². The molecule has 0 radical (unpaired) electrons. The Labute approximate surface area is 212 Å². The second-order valence-electron chi connectivity index (χ2n) is 9.38. The lowest BCUT2D eigenvalue weighted by atomic mass is 9.87. The van der Waals surface area contributed by atoms with Crippen molar-refractivity contribution in [2.45, 2.75) is 44.9 Å². The predicted octanol–water partition coefficient (Wildman–Crippen LogP) is 5.86. The van der Waals surface area contributed by atoms with Gasteiger partial charge in [-0.25, -0.2) is 8.42 Å². The van der Waals surface area contributed by atoms with Crippen LogP contribution in [0.5, 0.6) is 5.75 Å². The maximum absolute atomic E-state index is 13.0. The normalized spacial score (nSPS) is 11.7. The van der Waals surface area contributed by atoms with E-state index in [2.05, 4.69) is 30.8 Å². The molecule has 0 unspecified atom stereocenters. The van der Waals surface area contributed by atoms with E-state index in [1.54, 1.807) is 12.1 Å². The Hall–Kier alpha value is -3.03. The van der Waals surface area contributed by atoms with Gasteiger partial charge in [-0.3, -0.25) is 9.52 Å². The fourth-order valence-electron chi connectivity index (χ4n) is 3.40. The lowest BCUT2D eigenvalue weighted by Gasteiger charge is -2.19. The van der Waals surface area contributed by atoms with Crippen LogP contribution in [0.2, 0.25) is 5.02 Å². The van der Waals surface area contributed by atoms with Gasteiger partial charge in [-0.1, -0.05) is 56.6 Å². The SMILES string of the molecule is Cc1cccc(NS(=O)(=O)c2cc(C(=O)NCCOc3ccc(C(C)(C)C)cc3)ccc2Cl)c1C. The second-order valence-corrected chi connectivity index (χ2v) is 11.4. The van der Waals surface area contributed by atoms with E-state index in [-0.39, 0.29) is 34.0 Å². The predicted molar refractivity (Wildman–Crippen MR) is 141 cm³/mol. The molecule has 8 heteroatoms. The van der Waals surface area contributed by atoms with E-state index in [1.807, 2.05) is 44.2 Å². The van der Waals surface area contributed by atoms with E-state index in [0.717, 1.165) is 11.1 Å². The Morgan fingerprint density at radius 1 is 1.00 bits per heavy atom. The number of hydrogen-bond acceptors (Lipinski definition) is 4. The van der Waals surface area contributed by atoms with E-state index in [1.165, 1.54) is 23.8 Å². The molecule has 0 aliphatic carbocycles. The molecule has 3 aromatic carbocycles. The number of carbonyl (C=O) groups excluding carboxylic acids is 1. The molecule has 3 rings (SSSR count). The Balaban J connectivity index is 1.63. The summed E-state index contributed by atoms with van der Waals surface area (Å²) in [6.45, 7) is 10.7. The number of ether oxygens (including phenoxy) is 1. The first-order chi connectivity index (χ1) is 16.4. The van der Waals surface area contributed by atoms with Gasteiger partial charge in [0.2, 0.25) is 0 Å². The molecule has 3 aromatic rings. The van der Waals surface area contributed by atoms with Crippen molar-refractivity contribution in [2.24, 2.45) is 0 Å². The molecule has 0 atom stereocenters. The number of halogens is 1. The summed E-state index contributed by atoms with van der Waals surface area (Å²) in [6.07, 6.45) is 0. The molecular weight excluding hydrogens is 484 g/mol. The molecule has 0 bridgehead atoms. The number of amides is 1. The zero-order valence-corrected chi connectivity index (χ0v) is 22.2. The fourth-order valence-corrected chi connectivity index (χ4v) is 5.05. The summed E-state index contributed by atoms with van der Waals surface area (Å²) in [6, 6.07) is 17.4. The zero-order chi connectivity index (χ0) is 25.8. The van der Waals surface area contributed by atoms with Crippen LogP contribution in [-0.2, 0) is 15.4 Å². The Bertz CT molecular complexity index is 1310. The standard InChI is InChI=1S/C27H31ClN2O4S/c1-18-7-6-8-24(19(18)2)30-35(32,33)25-17-20(9-14-23(25)28)26(31)29-15-16-34-22-12-10-21(11-13-22)27(3,4)5/h6-14,17,30H,15-16H2,1-5H3,(H,29,31). The number of carbonyl (C=O) groups is 1. The molecular formula is C27H31ClN2O4S. The van der Waals surface area contributed by atoms with Crippen LogP contribution >= 0.6 is 11.6 Å². The molecule has 35 heavy (non-hydrogen) atoms. The second kappa shape index (κ2) is 10.7. The molecule has 0 fully saturated rings. The molecule has 0 spiro atoms. The van der Waals surface area contributed by atoms with Crippen molar-refractivity contribution >= 4 is 33.2 Å². The highest BCUT2D eigenvalue weighted by atomic mass is 35.5. The van der Waals surface area contributed by atoms with Gasteiger partial charge in [-0.05, 0) is 72.4 Å². The van der Waals surface area contributed by atoms with Crippen molar-refractivity contribution in [3.63, 3.8) is 0 Å². The summed E-state index contributed by atoms with van der Waals surface area (Å²) in [5, 5.41) is 2.78. The number of nitrogens with one attached hydrogen (secondary N) is 2. The fraction of sp³-hybridized carbons (Fsp3) is 0.296.